The van der Waals surface area contributed by atoms with Gasteiger partial charge in [-0.05, 0) is 6.92 Å². The molecule has 0 spiro atoms. The van der Waals surface area contributed by atoms with Crippen LogP contribution in [0, 0.1) is 0 Å². The Balaban J connectivity index is 2.55. The van der Waals surface area contributed by atoms with E-state index in [1.54, 1.807) is 0 Å². The molecule has 3 atom stereocenters. The van der Waals surface area contributed by atoms with E-state index in [9.17, 15) is 39.0 Å². The molecule has 1 saturated heterocycles. The van der Waals surface area contributed by atoms with Crippen LogP contribution in [0.25, 0.3) is 0 Å². The fourth-order valence-corrected chi connectivity index (χ4v) is 2.83. The van der Waals surface area contributed by atoms with E-state index in [1.807, 2.05) is 0 Å². The highest BCUT2D eigenvalue weighted by Crippen LogP contribution is 2.30. The van der Waals surface area contributed by atoms with Crippen molar-refractivity contribution in [3.05, 3.63) is 0 Å². The van der Waals surface area contributed by atoms with E-state index < -0.39 is 72.5 Å². The van der Waals surface area contributed by atoms with Crippen LogP contribution >= 0.6 is 0 Å². The molecule has 0 bridgehead atoms. The zero-order chi connectivity index (χ0) is 23.3. The number of ether oxygens (including phenoxy) is 1. The molecule has 0 saturated carbocycles. The number of nitrogens with zero attached hydrogens (tertiary/aromatic N) is 1. The average molecular weight is 434 g/mol. The molecule has 1 aliphatic heterocycles. The second-order valence-electron chi connectivity index (χ2n) is 6.66. The van der Waals surface area contributed by atoms with Crippen molar-refractivity contribution in [2.45, 2.75) is 50.0 Å². The third-order valence-electron chi connectivity index (χ3n) is 4.41. The Morgan fingerprint density at radius 2 is 1.80 bits per heavy atom. The number of hydrogen-bond acceptors (Lipinski definition) is 9. The third-order valence-corrected chi connectivity index (χ3v) is 4.41. The Kier molecular flexibility index (Phi) is 7.84. The average Bonchev–Trinajstić information content (AvgIpc) is 2.93. The van der Waals surface area contributed by atoms with Gasteiger partial charge in [-0.2, -0.15) is 0 Å². The van der Waals surface area contributed by atoms with E-state index in [-0.39, 0.29) is 19.4 Å². The number of hydrogen-bond donors (Lipinski definition) is 6. The smallest absolute Gasteiger partial charge is 0.357 e. The summed E-state index contributed by atoms with van der Waals surface area (Å²) in [5.41, 5.74) is -5.39. The Morgan fingerprint density at radius 3 is 2.30 bits per heavy atom. The highest BCUT2D eigenvalue weighted by Gasteiger charge is 2.53. The lowest BCUT2D eigenvalue weighted by Crippen LogP contribution is -2.59. The summed E-state index contributed by atoms with van der Waals surface area (Å²) < 4.78 is 4.63. The topological polar surface area (TPSA) is 228 Å². The summed E-state index contributed by atoms with van der Waals surface area (Å²) in [7, 11) is 0. The van der Waals surface area contributed by atoms with Crippen LogP contribution in [-0.2, 0) is 33.5 Å². The van der Waals surface area contributed by atoms with Crippen molar-refractivity contribution in [2.75, 3.05) is 13.2 Å². The van der Waals surface area contributed by atoms with E-state index in [2.05, 4.69) is 10.1 Å². The Morgan fingerprint density at radius 1 is 1.20 bits per heavy atom. The summed E-state index contributed by atoms with van der Waals surface area (Å²) in [5, 5.41) is 48.7. The van der Waals surface area contributed by atoms with E-state index in [0.717, 1.165) is 0 Å². The fraction of sp³-hybridized carbons (Fsp3) is 0.625. The minimum atomic E-state index is -2.86. The molecule has 0 aromatic rings. The molecule has 0 aromatic carbocycles. The Labute approximate surface area is 169 Å². The molecule has 14 heteroatoms. The maximum atomic E-state index is 12.1. The lowest BCUT2D eigenvalue weighted by atomic mass is 9.96. The van der Waals surface area contributed by atoms with Crippen molar-refractivity contribution in [2.24, 2.45) is 0 Å². The number of amides is 2. The Hall–Kier alpha value is -3.26. The van der Waals surface area contributed by atoms with Crippen LogP contribution < -0.4 is 5.32 Å². The molecule has 6 N–H and O–H groups in total. The van der Waals surface area contributed by atoms with Crippen molar-refractivity contribution >= 4 is 35.7 Å². The van der Waals surface area contributed by atoms with Crippen LogP contribution in [0.5, 0.6) is 0 Å². The number of esters is 1. The Bertz CT molecular complexity index is 753. The molecule has 2 amide bonds. The van der Waals surface area contributed by atoms with E-state index in [4.69, 9.17) is 15.3 Å². The minimum Gasteiger partial charge on any atom is -0.481 e. The maximum absolute atomic E-state index is 12.1. The van der Waals surface area contributed by atoms with Gasteiger partial charge in [-0.3, -0.25) is 24.1 Å². The predicted octanol–water partition coefficient (Wildman–Crippen LogP) is -2.89. The first-order valence-corrected chi connectivity index (χ1v) is 8.63. The number of aliphatic carboxylic acids is 3. The zero-order valence-corrected chi connectivity index (χ0v) is 15.9. The van der Waals surface area contributed by atoms with Crippen LogP contribution in [0.1, 0.15) is 32.6 Å². The van der Waals surface area contributed by atoms with Gasteiger partial charge in [0.2, 0.25) is 17.5 Å². The third kappa shape index (κ3) is 5.64. The monoisotopic (exact) mass is 434 g/mol. The number of carboxylic acid groups (broad SMARTS) is 3. The van der Waals surface area contributed by atoms with Crippen LogP contribution in [0.2, 0.25) is 0 Å². The van der Waals surface area contributed by atoms with Crippen molar-refractivity contribution in [3.63, 3.8) is 0 Å². The van der Waals surface area contributed by atoms with Gasteiger partial charge in [-0.15, -0.1) is 0 Å². The number of rotatable bonds is 11. The zero-order valence-electron chi connectivity index (χ0n) is 15.9. The summed E-state index contributed by atoms with van der Waals surface area (Å²) in [6.45, 7) is 0.376. The van der Waals surface area contributed by atoms with Gasteiger partial charge >= 0.3 is 23.9 Å². The highest BCUT2D eigenvalue weighted by molar-refractivity contribution is 5.94. The number of carbonyl (C=O) groups is 6. The molecule has 0 unspecified atom stereocenters. The highest BCUT2D eigenvalue weighted by atomic mass is 16.5. The van der Waals surface area contributed by atoms with Crippen LogP contribution in [-0.4, -0.2) is 96.6 Å². The van der Waals surface area contributed by atoms with Crippen LogP contribution in [0.15, 0.2) is 0 Å². The summed E-state index contributed by atoms with van der Waals surface area (Å²) in [6, 6.07) is -1.36. The van der Waals surface area contributed by atoms with Gasteiger partial charge in [0.05, 0.1) is 19.4 Å². The quantitative estimate of drug-likeness (QED) is 0.142. The van der Waals surface area contributed by atoms with Crippen LogP contribution in [0.4, 0.5) is 0 Å². The van der Waals surface area contributed by atoms with E-state index in [1.165, 1.54) is 6.92 Å². The largest absolute Gasteiger partial charge is 0.481 e. The number of aliphatic hydroxyl groups is 2. The maximum Gasteiger partial charge on any atom is 0.357 e. The standard InChI is InChI=1S/C16H22N2O12/c1-8(18-9(19)2-3-16(18,29)14(26)27)12(23)17-4-5-30-11(22)7-15(28,13(24)25)6-10(20)21/h8,28-29H,2-7H2,1H3,(H,17,23)(H,20,21)(H,24,25)(H,26,27)/t8-,15+,16+/m0/s1. The van der Waals surface area contributed by atoms with Gasteiger partial charge in [0.25, 0.3) is 0 Å². The van der Waals surface area contributed by atoms with Gasteiger partial charge < -0.3 is 35.6 Å². The minimum absolute atomic E-state index is 0.263. The molecule has 1 rings (SSSR count). The first kappa shape index (κ1) is 24.8. The second-order valence-corrected chi connectivity index (χ2v) is 6.66. The molecular formula is C16H22N2O12. The number of likely N-dealkylation sites (tertiary alicyclic amines) is 1. The van der Waals surface area contributed by atoms with Gasteiger partial charge in [0.15, 0.2) is 5.60 Å². The van der Waals surface area contributed by atoms with Crippen molar-refractivity contribution < 1.29 is 59.0 Å². The van der Waals surface area contributed by atoms with E-state index >= 15 is 0 Å². The number of carboxylic acids is 3. The van der Waals surface area contributed by atoms with Gasteiger partial charge in [-0.25, -0.2) is 9.59 Å². The lowest BCUT2D eigenvalue weighted by molar-refractivity contribution is -0.185. The van der Waals surface area contributed by atoms with Crippen molar-refractivity contribution in [3.8, 4) is 0 Å². The summed E-state index contributed by atoms with van der Waals surface area (Å²) >= 11 is 0. The molecule has 0 aromatic heterocycles. The predicted molar refractivity (Wildman–Crippen MR) is 91.6 cm³/mol. The SMILES string of the molecule is C[C@@H](C(=O)NCCOC(=O)C[C@](O)(CC(=O)O)C(=O)O)N1C(=O)CC[C@@]1(O)C(=O)O. The van der Waals surface area contributed by atoms with Gasteiger partial charge in [0.1, 0.15) is 12.6 Å². The summed E-state index contributed by atoms with van der Waals surface area (Å²) in [5.74, 6) is -8.08. The fourth-order valence-electron chi connectivity index (χ4n) is 2.83. The van der Waals surface area contributed by atoms with E-state index in [0.29, 0.717) is 4.90 Å². The van der Waals surface area contributed by atoms with Gasteiger partial charge in [0, 0.05) is 12.8 Å². The lowest BCUT2D eigenvalue weighted by Gasteiger charge is -2.33. The van der Waals surface area contributed by atoms with Crippen LogP contribution in [0.3, 0.4) is 0 Å². The molecule has 0 aliphatic carbocycles. The molecule has 1 aliphatic rings. The molecule has 0 radical (unpaired) electrons. The van der Waals surface area contributed by atoms with Gasteiger partial charge in [-0.1, -0.05) is 0 Å². The first-order chi connectivity index (χ1) is 13.7. The molecular weight excluding hydrogens is 412 g/mol. The second kappa shape index (κ2) is 9.49. The molecule has 1 heterocycles. The molecule has 1 fully saturated rings. The summed E-state index contributed by atoms with van der Waals surface area (Å²) in [6.07, 6.45) is -3.03. The first-order valence-electron chi connectivity index (χ1n) is 8.63. The molecule has 14 nitrogen and oxygen atoms in total. The number of carbonyl (C=O) groups excluding carboxylic acids is 3. The van der Waals surface area contributed by atoms with Crippen molar-refractivity contribution in [1.82, 2.24) is 10.2 Å². The summed E-state index contributed by atoms with van der Waals surface area (Å²) in [4.78, 5) is 69.0. The van der Waals surface area contributed by atoms with Crippen molar-refractivity contribution in [1.29, 1.82) is 0 Å². The molecule has 168 valence electrons. The normalized spacial score (nSPS) is 21.4. The number of nitrogens with one attached hydrogen (secondary N) is 1. The molecule has 30 heavy (non-hydrogen) atoms.